The zero-order valence-electron chi connectivity index (χ0n) is 9.66. The molecule has 1 aromatic carbocycles. The molecule has 2 N–H and O–H groups in total. The van der Waals surface area contributed by atoms with Gasteiger partial charge in [0.05, 0.1) is 0 Å². The van der Waals surface area contributed by atoms with Crippen LogP contribution in [0.15, 0.2) is 18.2 Å². The summed E-state index contributed by atoms with van der Waals surface area (Å²) >= 11 is 0. The molecule has 1 aliphatic rings. The van der Waals surface area contributed by atoms with E-state index < -0.39 is 0 Å². The summed E-state index contributed by atoms with van der Waals surface area (Å²) in [5, 5.41) is 0. The van der Waals surface area contributed by atoms with Gasteiger partial charge in [-0.05, 0) is 37.4 Å². The summed E-state index contributed by atoms with van der Waals surface area (Å²) in [4.78, 5) is 2.47. The van der Waals surface area contributed by atoms with E-state index in [1.165, 1.54) is 29.8 Å². The van der Waals surface area contributed by atoms with E-state index in [-0.39, 0.29) is 0 Å². The Labute approximate surface area is 92.1 Å². The lowest BCUT2D eigenvalue weighted by Crippen LogP contribution is -2.49. The zero-order chi connectivity index (χ0) is 10.8. The molecule has 1 saturated heterocycles. The molecule has 1 aliphatic heterocycles. The lowest BCUT2D eigenvalue weighted by Gasteiger charge is -2.39. The van der Waals surface area contributed by atoms with Crippen LogP contribution in [0.4, 0.5) is 0 Å². The first kappa shape index (κ1) is 10.7. The van der Waals surface area contributed by atoms with Crippen LogP contribution in [0.5, 0.6) is 0 Å². The Bertz CT molecular complexity index is 340. The van der Waals surface area contributed by atoms with Gasteiger partial charge in [-0.1, -0.05) is 23.8 Å². The number of hydrogen-bond acceptors (Lipinski definition) is 2. The third-order valence-electron chi connectivity index (χ3n) is 3.26. The van der Waals surface area contributed by atoms with Gasteiger partial charge < -0.3 is 5.73 Å². The van der Waals surface area contributed by atoms with E-state index in [1.807, 2.05) is 0 Å². The van der Waals surface area contributed by atoms with E-state index in [9.17, 15) is 0 Å². The molecule has 0 bridgehead atoms. The molecule has 0 spiro atoms. The Morgan fingerprint density at radius 1 is 1.33 bits per heavy atom. The zero-order valence-corrected chi connectivity index (χ0v) is 9.66. The number of nitrogens with two attached hydrogens (primary N) is 1. The number of aryl methyl sites for hydroxylation is 2. The van der Waals surface area contributed by atoms with Crippen molar-refractivity contribution in [2.45, 2.75) is 20.4 Å². The summed E-state index contributed by atoms with van der Waals surface area (Å²) in [6, 6.07) is 6.69. The van der Waals surface area contributed by atoms with Crippen molar-refractivity contribution in [3.8, 4) is 0 Å². The number of nitrogens with zero attached hydrogens (tertiary/aromatic N) is 1. The van der Waals surface area contributed by atoms with Gasteiger partial charge in [0.1, 0.15) is 0 Å². The van der Waals surface area contributed by atoms with Crippen LogP contribution in [0.2, 0.25) is 0 Å². The summed E-state index contributed by atoms with van der Waals surface area (Å²) in [7, 11) is 0. The molecule has 0 amide bonds. The Balaban J connectivity index is 1.97. The highest BCUT2D eigenvalue weighted by atomic mass is 15.2. The molecule has 82 valence electrons. The molecule has 2 heteroatoms. The van der Waals surface area contributed by atoms with Crippen molar-refractivity contribution in [1.29, 1.82) is 0 Å². The van der Waals surface area contributed by atoms with Crippen molar-refractivity contribution in [3.05, 3.63) is 34.9 Å². The maximum atomic E-state index is 5.62. The van der Waals surface area contributed by atoms with Crippen molar-refractivity contribution in [3.63, 3.8) is 0 Å². The average Bonchev–Trinajstić information content (AvgIpc) is 2.16. The van der Waals surface area contributed by atoms with E-state index >= 15 is 0 Å². The monoisotopic (exact) mass is 204 g/mol. The van der Waals surface area contributed by atoms with Crippen molar-refractivity contribution in [2.75, 3.05) is 19.6 Å². The molecule has 0 aromatic heterocycles. The van der Waals surface area contributed by atoms with E-state index in [2.05, 4.69) is 36.9 Å². The van der Waals surface area contributed by atoms with Gasteiger partial charge in [-0.15, -0.1) is 0 Å². The van der Waals surface area contributed by atoms with Crippen LogP contribution >= 0.6 is 0 Å². The molecule has 2 rings (SSSR count). The van der Waals surface area contributed by atoms with Gasteiger partial charge >= 0.3 is 0 Å². The van der Waals surface area contributed by atoms with Gasteiger partial charge in [0, 0.05) is 19.6 Å². The van der Waals surface area contributed by atoms with Crippen LogP contribution < -0.4 is 5.73 Å². The van der Waals surface area contributed by atoms with Gasteiger partial charge in [-0.25, -0.2) is 0 Å². The van der Waals surface area contributed by atoms with Crippen molar-refractivity contribution in [1.82, 2.24) is 4.90 Å². The second kappa shape index (κ2) is 4.33. The SMILES string of the molecule is Cc1ccc(C)c(CN2CC(CN)C2)c1. The van der Waals surface area contributed by atoms with Gasteiger partial charge in [0.2, 0.25) is 0 Å². The number of rotatable bonds is 3. The molecule has 0 aliphatic carbocycles. The molecule has 0 radical (unpaired) electrons. The van der Waals surface area contributed by atoms with Crippen LogP contribution in [0, 0.1) is 19.8 Å². The van der Waals surface area contributed by atoms with Crippen LogP contribution in [0.3, 0.4) is 0 Å². The molecule has 2 nitrogen and oxygen atoms in total. The van der Waals surface area contributed by atoms with Crippen LogP contribution in [0.25, 0.3) is 0 Å². The lowest BCUT2D eigenvalue weighted by atomic mass is 9.98. The largest absolute Gasteiger partial charge is 0.330 e. The van der Waals surface area contributed by atoms with E-state index in [1.54, 1.807) is 0 Å². The van der Waals surface area contributed by atoms with Gasteiger partial charge in [-0.3, -0.25) is 4.90 Å². The Morgan fingerprint density at radius 2 is 2.07 bits per heavy atom. The van der Waals surface area contributed by atoms with Crippen LogP contribution in [-0.4, -0.2) is 24.5 Å². The van der Waals surface area contributed by atoms with Crippen molar-refractivity contribution in [2.24, 2.45) is 11.7 Å². The summed E-state index contributed by atoms with van der Waals surface area (Å²) in [6.45, 7) is 8.61. The molecule has 0 atom stereocenters. The second-order valence-electron chi connectivity index (χ2n) is 4.73. The standard InChI is InChI=1S/C13H20N2/c1-10-3-4-11(2)13(5-10)9-15-7-12(6-14)8-15/h3-5,12H,6-9,14H2,1-2H3. The molecule has 0 saturated carbocycles. The first-order valence-corrected chi connectivity index (χ1v) is 5.67. The molecule has 15 heavy (non-hydrogen) atoms. The first-order chi connectivity index (χ1) is 7.19. The highest BCUT2D eigenvalue weighted by Crippen LogP contribution is 2.20. The quantitative estimate of drug-likeness (QED) is 0.812. The topological polar surface area (TPSA) is 29.3 Å². The van der Waals surface area contributed by atoms with E-state index in [4.69, 9.17) is 5.73 Å². The maximum Gasteiger partial charge on any atom is 0.0236 e. The molecule has 1 aromatic rings. The summed E-state index contributed by atoms with van der Waals surface area (Å²) in [5.41, 5.74) is 9.83. The molecule has 1 fully saturated rings. The number of benzene rings is 1. The smallest absolute Gasteiger partial charge is 0.0236 e. The highest BCUT2D eigenvalue weighted by Gasteiger charge is 2.25. The van der Waals surface area contributed by atoms with Gasteiger partial charge in [0.15, 0.2) is 0 Å². The number of hydrogen-bond donors (Lipinski definition) is 1. The maximum absolute atomic E-state index is 5.62. The predicted molar refractivity (Wildman–Crippen MR) is 63.7 cm³/mol. The van der Waals surface area contributed by atoms with Gasteiger partial charge in [-0.2, -0.15) is 0 Å². The highest BCUT2D eigenvalue weighted by molar-refractivity contribution is 5.30. The van der Waals surface area contributed by atoms with Crippen LogP contribution in [-0.2, 0) is 6.54 Å². The Morgan fingerprint density at radius 3 is 2.73 bits per heavy atom. The fourth-order valence-corrected chi connectivity index (χ4v) is 2.17. The minimum absolute atomic E-state index is 0.732. The van der Waals surface area contributed by atoms with E-state index in [0.717, 1.165) is 19.0 Å². The minimum atomic E-state index is 0.732. The Hall–Kier alpha value is -0.860. The summed E-state index contributed by atoms with van der Waals surface area (Å²) in [6.07, 6.45) is 0. The van der Waals surface area contributed by atoms with Crippen molar-refractivity contribution >= 4 is 0 Å². The Kier molecular flexibility index (Phi) is 3.08. The third-order valence-corrected chi connectivity index (χ3v) is 3.26. The molecular weight excluding hydrogens is 184 g/mol. The summed E-state index contributed by atoms with van der Waals surface area (Å²) < 4.78 is 0. The molecular formula is C13H20N2. The molecule has 1 heterocycles. The second-order valence-corrected chi connectivity index (χ2v) is 4.73. The van der Waals surface area contributed by atoms with Crippen LogP contribution in [0.1, 0.15) is 16.7 Å². The van der Waals surface area contributed by atoms with Gasteiger partial charge in [0.25, 0.3) is 0 Å². The lowest BCUT2D eigenvalue weighted by molar-refractivity contribution is 0.0977. The fourth-order valence-electron chi connectivity index (χ4n) is 2.17. The predicted octanol–water partition coefficient (Wildman–Crippen LogP) is 1.69. The normalized spacial score (nSPS) is 17.8. The van der Waals surface area contributed by atoms with Crippen molar-refractivity contribution < 1.29 is 0 Å². The molecule has 0 unspecified atom stereocenters. The minimum Gasteiger partial charge on any atom is -0.330 e. The average molecular weight is 204 g/mol. The third kappa shape index (κ3) is 2.39. The number of likely N-dealkylation sites (tertiary alicyclic amines) is 1. The summed E-state index contributed by atoms with van der Waals surface area (Å²) in [5.74, 6) is 0.732. The fraction of sp³-hybridized carbons (Fsp3) is 0.538. The first-order valence-electron chi connectivity index (χ1n) is 5.67. The van der Waals surface area contributed by atoms with E-state index in [0.29, 0.717) is 0 Å².